The molecule has 0 saturated carbocycles. The lowest BCUT2D eigenvalue weighted by Crippen LogP contribution is -2.31. The third-order valence-electron chi connectivity index (χ3n) is 3.90. The number of methoxy groups -OCH3 is 1. The summed E-state index contributed by atoms with van der Waals surface area (Å²) in [5.41, 5.74) is 3.32. The van der Waals surface area contributed by atoms with E-state index in [1.165, 1.54) is 10.4 Å². The van der Waals surface area contributed by atoms with Gasteiger partial charge < -0.3 is 15.0 Å². The highest BCUT2D eigenvalue weighted by Gasteiger charge is 2.24. The van der Waals surface area contributed by atoms with Crippen molar-refractivity contribution in [1.82, 2.24) is 0 Å². The van der Waals surface area contributed by atoms with E-state index in [4.69, 9.17) is 4.74 Å². The molecule has 22 heavy (non-hydrogen) atoms. The van der Waals surface area contributed by atoms with Crippen molar-refractivity contribution in [2.45, 2.75) is 19.4 Å². The van der Waals surface area contributed by atoms with Gasteiger partial charge in [-0.05, 0) is 48.6 Å². The molecule has 0 bridgehead atoms. The maximum Gasteiger partial charge on any atom is 0.252 e. The fraction of sp³-hybridized carbons (Fsp3) is 0.353. The Kier molecular flexibility index (Phi) is 4.45. The first kappa shape index (κ1) is 15.1. The molecule has 0 fully saturated rings. The highest BCUT2D eigenvalue weighted by atomic mass is 32.1. The normalized spacial score (nSPS) is 14.7. The third kappa shape index (κ3) is 3.00. The number of fused-ring (bicyclic) bond motifs is 1. The predicted molar refractivity (Wildman–Crippen MR) is 90.7 cm³/mol. The molecule has 0 radical (unpaired) electrons. The van der Waals surface area contributed by atoms with Crippen LogP contribution in [0.5, 0.6) is 0 Å². The van der Waals surface area contributed by atoms with Crippen LogP contribution in [0.1, 0.15) is 23.4 Å². The maximum atomic E-state index is 12.0. The molecular weight excluding hydrogens is 296 g/mol. The van der Waals surface area contributed by atoms with Crippen LogP contribution >= 0.6 is 11.3 Å². The number of hydrogen-bond acceptors (Lipinski definition) is 4. The molecule has 1 aliphatic heterocycles. The van der Waals surface area contributed by atoms with Crippen LogP contribution in [0, 0.1) is 0 Å². The van der Waals surface area contributed by atoms with Crippen molar-refractivity contribution < 1.29 is 9.53 Å². The Bertz CT molecular complexity index is 655. The van der Waals surface area contributed by atoms with Gasteiger partial charge >= 0.3 is 0 Å². The summed E-state index contributed by atoms with van der Waals surface area (Å²) >= 11 is 1.76. The van der Waals surface area contributed by atoms with E-state index in [0.717, 1.165) is 24.3 Å². The van der Waals surface area contributed by atoms with Crippen LogP contribution in [-0.4, -0.2) is 26.2 Å². The molecule has 1 N–H and O–H groups in total. The first-order valence-electron chi connectivity index (χ1n) is 7.41. The van der Waals surface area contributed by atoms with Crippen LogP contribution in [0.3, 0.4) is 0 Å². The minimum absolute atomic E-state index is 0.0221. The summed E-state index contributed by atoms with van der Waals surface area (Å²) in [6, 6.07) is 10.7. The SMILES string of the molecule is COCC(=O)N1CCc2cc(NC(C)c3cccs3)ccc21. The number of nitrogens with zero attached hydrogens (tertiary/aromatic N) is 1. The molecular formula is C17H20N2O2S. The van der Waals surface area contributed by atoms with E-state index in [-0.39, 0.29) is 18.6 Å². The molecule has 2 heterocycles. The smallest absolute Gasteiger partial charge is 0.252 e. The molecule has 2 aromatic rings. The lowest BCUT2D eigenvalue weighted by atomic mass is 10.1. The number of thiophene rings is 1. The number of nitrogens with one attached hydrogen (secondary N) is 1. The largest absolute Gasteiger partial charge is 0.378 e. The second kappa shape index (κ2) is 6.50. The Morgan fingerprint density at radius 1 is 1.45 bits per heavy atom. The van der Waals surface area contributed by atoms with Crippen LogP contribution in [0.15, 0.2) is 35.7 Å². The molecule has 5 heteroatoms. The maximum absolute atomic E-state index is 12.0. The van der Waals surface area contributed by atoms with Crippen molar-refractivity contribution in [3.8, 4) is 0 Å². The number of amides is 1. The van der Waals surface area contributed by atoms with Crippen molar-refractivity contribution in [2.24, 2.45) is 0 Å². The highest BCUT2D eigenvalue weighted by Crippen LogP contribution is 2.32. The lowest BCUT2D eigenvalue weighted by Gasteiger charge is -2.18. The second-order valence-corrected chi connectivity index (χ2v) is 6.43. The molecule has 4 nitrogen and oxygen atoms in total. The minimum Gasteiger partial charge on any atom is -0.378 e. The standard InChI is InChI=1S/C17H20N2O2S/c1-12(16-4-3-9-22-16)18-14-5-6-15-13(10-14)7-8-19(15)17(20)11-21-2/h3-6,9-10,12,18H,7-8,11H2,1-2H3. The van der Waals surface area contributed by atoms with Crippen LogP contribution in [0.2, 0.25) is 0 Å². The van der Waals surface area contributed by atoms with Gasteiger partial charge in [0.25, 0.3) is 5.91 Å². The Labute approximate surface area is 134 Å². The molecule has 0 spiro atoms. The van der Waals surface area contributed by atoms with Gasteiger partial charge in [-0.1, -0.05) is 6.07 Å². The van der Waals surface area contributed by atoms with Gasteiger partial charge in [-0.25, -0.2) is 0 Å². The molecule has 1 unspecified atom stereocenters. The fourth-order valence-corrected chi connectivity index (χ4v) is 3.55. The summed E-state index contributed by atoms with van der Waals surface area (Å²) in [6.07, 6.45) is 0.897. The van der Waals surface area contributed by atoms with Crippen molar-refractivity contribution >= 4 is 28.6 Å². The number of benzene rings is 1. The molecule has 116 valence electrons. The van der Waals surface area contributed by atoms with E-state index in [1.807, 2.05) is 17.0 Å². The monoisotopic (exact) mass is 316 g/mol. The fourth-order valence-electron chi connectivity index (χ4n) is 2.81. The van der Waals surface area contributed by atoms with Crippen LogP contribution in [0.25, 0.3) is 0 Å². The first-order chi connectivity index (χ1) is 10.7. The summed E-state index contributed by atoms with van der Waals surface area (Å²) in [5.74, 6) is 0.0221. The third-order valence-corrected chi connectivity index (χ3v) is 4.95. The Hall–Kier alpha value is -1.85. The van der Waals surface area contributed by atoms with Gasteiger partial charge in [0.15, 0.2) is 0 Å². The van der Waals surface area contributed by atoms with Gasteiger partial charge in [0.05, 0.1) is 6.04 Å². The van der Waals surface area contributed by atoms with E-state index in [2.05, 4.69) is 35.8 Å². The summed E-state index contributed by atoms with van der Waals surface area (Å²) in [6.45, 7) is 3.03. The number of hydrogen-bond donors (Lipinski definition) is 1. The van der Waals surface area contributed by atoms with Gasteiger partial charge in [0.2, 0.25) is 0 Å². The van der Waals surface area contributed by atoms with Gasteiger partial charge in [0.1, 0.15) is 6.61 Å². The summed E-state index contributed by atoms with van der Waals surface area (Å²) in [4.78, 5) is 15.1. The van der Waals surface area contributed by atoms with Crippen molar-refractivity contribution in [3.63, 3.8) is 0 Å². The van der Waals surface area contributed by atoms with Gasteiger partial charge in [-0.15, -0.1) is 11.3 Å². The second-order valence-electron chi connectivity index (χ2n) is 5.45. The van der Waals surface area contributed by atoms with E-state index in [9.17, 15) is 4.79 Å². The predicted octanol–water partition coefficient (Wildman–Crippen LogP) is 3.46. The number of carbonyl (C=O) groups is 1. The molecule has 3 rings (SSSR count). The summed E-state index contributed by atoms with van der Waals surface area (Å²) < 4.78 is 4.95. The number of ether oxygens (including phenoxy) is 1. The average Bonchev–Trinajstić information content (AvgIpc) is 3.16. The van der Waals surface area contributed by atoms with E-state index in [1.54, 1.807) is 18.4 Å². The zero-order chi connectivity index (χ0) is 15.5. The van der Waals surface area contributed by atoms with Crippen LogP contribution < -0.4 is 10.2 Å². The molecule has 1 amide bonds. The first-order valence-corrected chi connectivity index (χ1v) is 8.29. The van der Waals surface area contributed by atoms with E-state index in [0.29, 0.717) is 0 Å². The Morgan fingerprint density at radius 3 is 3.05 bits per heavy atom. The lowest BCUT2D eigenvalue weighted by molar-refractivity contribution is -0.122. The minimum atomic E-state index is 0.0221. The van der Waals surface area contributed by atoms with Crippen molar-refractivity contribution in [3.05, 3.63) is 46.2 Å². The van der Waals surface area contributed by atoms with Crippen LogP contribution in [-0.2, 0) is 16.0 Å². The Morgan fingerprint density at radius 2 is 2.32 bits per heavy atom. The molecule has 1 aromatic carbocycles. The topological polar surface area (TPSA) is 41.6 Å². The number of rotatable bonds is 5. The van der Waals surface area contributed by atoms with E-state index < -0.39 is 0 Å². The molecule has 1 aromatic heterocycles. The van der Waals surface area contributed by atoms with Crippen molar-refractivity contribution in [1.29, 1.82) is 0 Å². The molecule has 1 aliphatic rings. The number of carbonyl (C=O) groups excluding carboxylic acids is 1. The highest BCUT2D eigenvalue weighted by molar-refractivity contribution is 7.10. The Balaban J connectivity index is 1.74. The van der Waals surface area contributed by atoms with E-state index >= 15 is 0 Å². The molecule has 1 atom stereocenters. The average molecular weight is 316 g/mol. The summed E-state index contributed by atoms with van der Waals surface area (Å²) in [7, 11) is 1.55. The van der Waals surface area contributed by atoms with Gasteiger partial charge in [-0.3, -0.25) is 4.79 Å². The van der Waals surface area contributed by atoms with Gasteiger partial charge in [0, 0.05) is 29.9 Å². The zero-order valence-electron chi connectivity index (χ0n) is 12.8. The number of anilines is 2. The van der Waals surface area contributed by atoms with Crippen LogP contribution in [0.4, 0.5) is 11.4 Å². The summed E-state index contributed by atoms with van der Waals surface area (Å²) in [5, 5.41) is 5.62. The molecule has 0 aliphatic carbocycles. The quantitative estimate of drug-likeness (QED) is 0.918. The molecule has 0 saturated heterocycles. The van der Waals surface area contributed by atoms with Gasteiger partial charge in [-0.2, -0.15) is 0 Å². The van der Waals surface area contributed by atoms with Crippen molar-refractivity contribution in [2.75, 3.05) is 30.5 Å². The zero-order valence-corrected chi connectivity index (χ0v) is 13.7.